The molecule has 0 aromatic heterocycles. The number of hydrogen-bond acceptors (Lipinski definition) is 4. The molecule has 146 valence electrons. The summed E-state index contributed by atoms with van der Waals surface area (Å²) in [6.07, 6.45) is -0.446. The quantitative estimate of drug-likeness (QED) is 0.636. The molecule has 0 aliphatic carbocycles. The number of halogens is 1. The molecular weight excluding hydrogens is 364 g/mol. The van der Waals surface area contributed by atoms with E-state index < -0.39 is 6.10 Å². The summed E-state index contributed by atoms with van der Waals surface area (Å²) in [5, 5.41) is 10.9. The number of para-hydroxylation sites is 1. The van der Waals surface area contributed by atoms with Gasteiger partial charge >= 0.3 is 0 Å². The summed E-state index contributed by atoms with van der Waals surface area (Å²) in [5.74, 6) is 0.768. The molecule has 0 spiro atoms. The summed E-state index contributed by atoms with van der Waals surface area (Å²) in [5.41, 5.74) is 1.28. The fourth-order valence-electron chi connectivity index (χ4n) is 3.28. The van der Waals surface area contributed by atoms with Crippen LogP contribution in [0.5, 0.6) is 5.75 Å². The topological polar surface area (TPSA) is 46.4 Å². The molecule has 0 bridgehead atoms. The maximum absolute atomic E-state index is 10.2. The van der Waals surface area contributed by atoms with Gasteiger partial charge in [-0.15, -0.1) is 0 Å². The average Bonchev–Trinajstić information content (AvgIpc) is 2.70. The molecule has 2 aromatic rings. The number of piperazine rings is 1. The van der Waals surface area contributed by atoms with E-state index in [1.807, 2.05) is 18.2 Å². The number of rotatable bonds is 9. The van der Waals surface area contributed by atoms with Gasteiger partial charge in [0.1, 0.15) is 25.0 Å². The average molecular weight is 392 g/mol. The summed E-state index contributed by atoms with van der Waals surface area (Å²) in [6, 6.07) is 17.7. The first kappa shape index (κ1) is 20.0. The number of ether oxygens (including phenoxy) is 2. The highest BCUT2D eigenvalue weighted by Gasteiger charge is 2.22. The highest BCUT2D eigenvalue weighted by molar-refractivity contribution is 6.30. The van der Waals surface area contributed by atoms with Gasteiger partial charge in [0.05, 0.1) is 39.4 Å². The van der Waals surface area contributed by atoms with E-state index in [4.69, 9.17) is 21.1 Å². The smallest absolute Gasteiger partial charge is 0.126 e. The number of nitrogens with one attached hydrogen (secondary N) is 1. The minimum Gasteiger partial charge on any atom is -0.491 e. The summed E-state index contributed by atoms with van der Waals surface area (Å²) >= 11 is 5.84. The Hall–Kier alpha value is -1.79. The Labute approximate surface area is 166 Å². The summed E-state index contributed by atoms with van der Waals surface area (Å²) in [4.78, 5) is 3.83. The maximum Gasteiger partial charge on any atom is 0.126 e. The Morgan fingerprint density at radius 3 is 2.41 bits per heavy atom. The molecule has 0 amide bonds. The zero-order valence-corrected chi connectivity index (χ0v) is 16.3. The van der Waals surface area contributed by atoms with Crippen molar-refractivity contribution >= 4 is 17.3 Å². The number of anilines is 1. The van der Waals surface area contributed by atoms with Crippen LogP contribution in [0, 0.1) is 0 Å². The van der Waals surface area contributed by atoms with E-state index in [2.05, 4.69) is 29.2 Å². The number of quaternary nitrogens is 1. The van der Waals surface area contributed by atoms with E-state index in [1.54, 1.807) is 12.1 Å². The second-order valence-corrected chi connectivity index (χ2v) is 7.24. The Bertz CT molecular complexity index is 661. The molecule has 1 heterocycles. The molecule has 27 heavy (non-hydrogen) atoms. The molecule has 3 rings (SSSR count). The van der Waals surface area contributed by atoms with Crippen molar-refractivity contribution in [2.45, 2.75) is 6.10 Å². The SMILES string of the molecule is O[C@@H](COCCOc1ccc(Cl)cc1)C[NH+]1CCN(c2ccccc2)CC1. The molecular formula is C21H28ClN2O3+. The first-order valence-electron chi connectivity index (χ1n) is 9.48. The number of aliphatic hydroxyl groups is 1. The van der Waals surface area contributed by atoms with Crippen LogP contribution in [0.25, 0.3) is 0 Å². The van der Waals surface area contributed by atoms with Crippen molar-refractivity contribution in [3.63, 3.8) is 0 Å². The first-order chi connectivity index (χ1) is 13.2. The molecule has 1 fully saturated rings. The summed E-state index contributed by atoms with van der Waals surface area (Å²) < 4.78 is 11.1. The van der Waals surface area contributed by atoms with Crippen molar-refractivity contribution in [2.24, 2.45) is 0 Å². The van der Waals surface area contributed by atoms with Crippen molar-refractivity contribution in [3.05, 3.63) is 59.6 Å². The maximum atomic E-state index is 10.2. The zero-order valence-electron chi connectivity index (χ0n) is 15.5. The van der Waals surface area contributed by atoms with Crippen LogP contribution in [-0.4, -0.2) is 63.8 Å². The van der Waals surface area contributed by atoms with Gasteiger partial charge in [-0.1, -0.05) is 29.8 Å². The van der Waals surface area contributed by atoms with Crippen LogP contribution in [0.2, 0.25) is 5.02 Å². The zero-order chi connectivity index (χ0) is 18.9. The lowest BCUT2D eigenvalue weighted by molar-refractivity contribution is -0.903. The third-order valence-electron chi connectivity index (χ3n) is 4.74. The Balaban J connectivity index is 1.26. The van der Waals surface area contributed by atoms with Crippen molar-refractivity contribution < 1.29 is 19.5 Å². The Morgan fingerprint density at radius 1 is 1.00 bits per heavy atom. The van der Waals surface area contributed by atoms with Crippen LogP contribution in [-0.2, 0) is 4.74 Å². The van der Waals surface area contributed by atoms with Gasteiger partial charge < -0.3 is 24.4 Å². The third kappa shape index (κ3) is 6.70. The molecule has 1 atom stereocenters. The standard InChI is InChI=1S/C21H27ClN2O3/c22-18-6-8-21(9-7-18)27-15-14-26-17-20(25)16-23-10-12-24(13-11-23)19-4-2-1-3-5-19/h1-9,20,25H,10-17H2/p+1/t20-/m1/s1. The molecule has 2 N–H and O–H groups in total. The minimum absolute atomic E-state index is 0.343. The second-order valence-electron chi connectivity index (χ2n) is 6.81. The van der Waals surface area contributed by atoms with Gasteiger partial charge in [-0.2, -0.15) is 0 Å². The Morgan fingerprint density at radius 2 is 1.70 bits per heavy atom. The van der Waals surface area contributed by atoms with Gasteiger partial charge in [-0.05, 0) is 36.4 Å². The number of nitrogens with zero attached hydrogens (tertiary/aromatic N) is 1. The number of hydrogen-bond donors (Lipinski definition) is 2. The van der Waals surface area contributed by atoms with Gasteiger partial charge in [-0.25, -0.2) is 0 Å². The minimum atomic E-state index is -0.446. The molecule has 1 aliphatic rings. The van der Waals surface area contributed by atoms with Crippen LogP contribution >= 0.6 is 11.6 Å². The van der Waals surface area contributed by atoms with Gasteiger partial charge in [0.15, 0.2) is 0 Å². The molecule has 5 nitrogen and oxygen atoms in total. The van der Waals surface area contributed by atoms with Crippen LogP contribution in [0.15, 0.2) is 54.6 Å². The molecule has 1 aliphatic heterocycles. The lowest BCUT2D eigenvalue weighted by atomic mass is 10.2. The van der Waals surface area contributed by atoms with E-state index in [1.165, 1.54) is 10.6 Å². The lowest BCUT2D eigenvalue weighted by Crippen LogP contribution is -3.16. The molecule has 0 saturated carbocycles. The lowest BCUT2D eigenvalue weighted by Gasteiger charge is -2.34. The third-order valence-corrected chi connectivity index (χ3v) is 4.99. The van der Waals surface area contributed by atoms with Gasteiger partial charge in [0.2, 0.25) is 0 Å². The van der Waals surface area contributed by atoms with Gasteiger partial charge in [0, 0.05) is 10.7 Å². The van der Waals surface area contributed by atoms with E-state index >= 15 is 0 Å². The fourth-order valence-corrected chi connectivity index (χ4v) is 3.41. The number of aliphatic hydroxyl groups excluding tert-OH is 1. The van der Waals surface area contributed by atoms with Crippen LogP contribution in [0.4, 0.5) is 5.69 Å². The van der Waals surface area contributed by atoms with E-state index in [0.717, 1.165) is 38.5 Å². The summed E-state index contributed by atoms with van der Waals surface area (Å²) in [6.45, 7) is 6.07. The molecule has 6 heteroatoms. The molecule has 0 unspecified atom stereocenters. The van der Waals surface area contributed by atoms with Crippen LogP contribution in [0.3, 0.4) is 0 Å². The van der Waals surface area contributed by atoms with Crippen molar-refractivity contribution in [3.8, 4) is 5.75 Å². The van der Waals surface area contributed by atoms with Crippen molar-refractivity contribution in [1.29, 1.82) is 0 Å². The van der Waals surface area contributed by atoms with Gasteiger partial charge in [0.25, 0.3) is 0 Å². The predicted octanol–water partition coefficient (Wildman–Crippen LogP) is 1.50. The van der Waals surface area contributed by atoms with Crippen molar-refractivity contribution in [2.75, 3.05) is 57.4 Å². The molecule has 1 saturated heterocycles. The largest absolute Gasteiger partial charge is 0.491 e. The van der Waals surface area contributed by atoms with Gasteiger partial charge in [-0.3, -0.25) is 0 Å². The summed E-state index contributed by atoms with van der Waals surface area (Å²) in [7, 11) is 0. The van der Waals surface area contributed by atoms with E-state index in [9.17, 15) is 5.11 Å². The van der Waals surface area contributed by atoms with E-state index in [-0.39, 0.29) is 0 Å². The highest BCUT2D eigenvalue weighted by Crippen LogP contribution is 2.15. The normalized spacial score (nSPS) is 16.3. The predicted molar refractivity (Wildman–Crippen MR) is 108 cm³/mol. The fraction of sp³-hybridized carbons (Fsp3) is 0.429. The van der Waals surface area contributed by atoms with Crippen LogP contribution in [0.1, 0.15) is 0 Å². The molecule has 0 radical (unpaired) electrons. The molecule has 2 aromatic carbocycles. The first-order valence-corrected chi connectivity index (χ1v) is 9.86. The highest BCUT2D eigenvalue weighted by atomic mass is 35.5. The Kier molecular flexibility index (Phi) is 7.78. The van der Waals surface area contributed by atoms with Crippen molar-refractivity contribution in [1.82, 2.24) is 0 Å². The number of benzene rings is 2. The van der Waals surface area contributed by atoms with E-state index in [0.29, 0.717) is 24.8 Å². The van der Waals surface area contributed by atoms with Crippen LogP contribution < -0.4 is 14.5 Å². The monoisotopic (exact) mass is 391 g/mol. The second kappa shape index (κ2) is 10.5.